The molecule has 19 heavy (non-hydrogen) atoms. The number of hydrogen-bond acceptors (Lipinski definition) is 2. The molecule has 0 N–H and O–H groups in total. The molecule has 0 unspecified atom stereocenters. The standard InChI is InChI=1S/C14H11BrCl2O2/c1-18-9-5-6-14(11(15)7-9)19-8-10-12(16)3-2-4-13(10)17/h2-7H,8H2,1H3. The molecule has 0 aliphatic carbocycles. The van der Waals surface area contributed by atoms with E-state index in [0.29, 0.717) is 22.4 Å². The van der Waals surface area contributed by atoms with Crippen LogP contribution in [0, 0.1) is 0 Å². The van der Waals surface area contributed by atoms with E-state index in [2.05, 4.69) is 15.9 Å². The largest absolute Gasteiger partial charge is 0.497 e. The molecular formula is C14H11BrCl2O2. The number of ether oxygens (including phenoxy) is 2. The molecule has 0 heterocycles. The Hall–Kier alpha value is -0.900. The molecule has 2 rings (SSSR count). The van der Waals surface area contributed by atoms with Crippen LogP contribution in [0.1, 0.15) is 5.56 Å². The number of rotatable bonds is 4. The van der Waals surface area contributed by atoms with Gasteiger partial charge in [0.05, 0.1) is 11.6 Å². The maximum atomic E-state index is 6.09. The van der Waals surface area contributed by atoms with E-state index in [1.165, 1.54) is 0 Å². The smallest absolute Gasteiger partial charge is 0.134 e. The van der Waals surface area contributed by atoms with Crippen LogP contribution in [-0.2, 0) is 6.61 Å². The summed E-state index contributed by atoms with van der Waals surface area (Å²) in [5.74, 6) is 1.46. The first-order valence-corrected chi connectivity index (χ1v) is 7.06. The van der Waals surface area contributed by atoms with Gasteiger partial charge in [-0.05, 0) is 46.3 Å². The molecule has 0 spiro atoms. The van der Waals surface area contributed by atoms with Crippen LogP contribution in [-0.4, -0.2) is 7.11 Å². The van der Waals surface area contributed by atoms with E-state index in [1.54, 1.807) is 25.3 Å². The minimum atomic E-state index is 0.309. The number of benzene rings is 2. The summed E-state index contributed by atoms with van der Waals surface area (Å²) in [5.41, 5.74) is 0.772. The maximum absolute atomic E-state index is 6.09. The third-order valence-electron chi connectivity index (χ3n) is 2.57. The zero-order valence-corrected chi connectivity index (χ0v) is 13.2. The molecule has 2 aromatic carbocycles. The molecule has 5 heteroatoms. The second-order valence-corrected chi connectivity index (χ2v) is 5.45. The van der Waals surface area contributed by atoms with Crippen molar-refractivity contribution in [2.24, 2.45) is 0 Å². The molecule has 100 valence electrons. The lowest BCUT2D eigenvalue weighted by Gasteiger charge is -2.11. The molecule has 0 saturated carbocycles. The van der Waals surface area contributed by atoms with Crippen LogP contribution < -0.4 is 9.47 Å². The number of halogens is 3. The number of methoxy groups -OCH3 is 1. The first-order chi connectivity index (χ1) is 9.11. The lowest BCUT2D eigenvalue weighted by molar-refractivity contribution is 0.303. The molecule has 0 radical (unpaired) electrons. The lowest BCUT2D eigenvalue weighted by atomic mass is 10.2. The molecule has 0 aliphatic heterocycles. The summed E-state index contributed by atoms with van der Waals surface area (Å²) in [7, 11) is 1.62. The fourth-order valence-electron chi connectivity index (χ4n) is 1.55. The molecule has 2 aromatic rings. The molecule has 2 nitrogen and oxygen atoms in total. The Morgan fingerprint density at radius 1 is 1.11 bits per heavy atom. The average molecular weight is 362 g/mol. The van der Waals surface area contributed by atoms with Crippen molar-refractivity contribution < 1.29 is 9.47 Å². The van der Waals surface area contributed by atoms with Gasteiger partial charge in [-0.25, -0.2) is 0 Å². The predicted octanol–water partition coefficient (Wildman–Crippen LogP) is 5.34. The Morgan fingerprint density at radius 3 is 2.37 bits per heavy atom. The van der Waals surface area contributed by atoms with Gasteiger partial charge in [0, 0.05) is 15.6 Å². The third kappa shape index (κ3) is 3.56. The van der Waals surface area contributed by atoms with Crippen molar-refractivity contribution in [3.05, 3.63) is 56.5 Å². The second-order valence-electron chi connectivity index (χ2n) is 3.79. The van der Waals surface area contributed by atoms with Crippen molar-refractivity contribution in [2.75, 3.05) is 7.11 Å². The summed E-state index contributed by atoms with van der Waals surface area (Å²) in [6, 6.07) is 10.9. The van der Waals surface area contributed by atoms with Gasteiger partial charge in [0.15, 0.2) is 0 Å². The topological polar surface area (TPSA) is 18.5 Å². The first-order valence-electron chi connectivity index (χ1n) is 5.51. The van der Waals surface area contributed by atoms with Gasteiger partial charge in [0.1, 0.15) is 18.1 Å². The minimum Gasteiger partial charge on any atom is -0.497 e. The van der Waals surface area contributed by atoms with Crippen LogP contribution in [0.2, 0.25) is 10.0 Å². The Labute approximate surface area is 130 Å². The Kier molecular flexibility index (Phi) is 4.97. The van der Waals surface area contributed by atoms with Crippen molar-refractivity contribution in [3.63, 3.8) is 0 Å². The van der Waals surface area contributed by atoms with E-state index in [1.807, 2.05) is 18.2 Å². The number of hydrogen-bond donors (Lipinski definition) is 0. The summed E-state index contributed by atoms with van der Waals surface area (Å²) < 4.78 is 11.7. The van der Waals surface area contributed by atoms with Crippen molar-refractivity contribution in [1.82, 2.24) is 0 Å². The van der Waals surface area contributed by atoms with Crippen LogP contribution in [0.5, 0.6) is 11.5 Å². The molecule has 0 bridgehead atoms. The molecule has 0 atom stereocenters. The zero-order valence-electron chi connectivity index (χ0n) is 10.1. The van der Waals surface area contributed by atoms with Crippen LogP contribution >= 0.6 is 39.1 Å². The summed E-state index contributed by atoms with van der Waals surface area (Å²) in [6.07, 6.45) is 0. The quantitative estimate of drug-likeness (QED) is 0.731. The highest BCUT2D eigenvalue weighted by atomic mass is 79.9. The summed E-state index contributed by atoms with van der Waals surface area (Å²) in [4.78, 5) is 0. The Morgan fingerprint density at radius 2 is 1.79 bits per heavy atom. The van der Waals surface area contributed by atoms with E-state index in [9.17, 15) is 0 Å². The summed E-state index contributed by atoms with van der Waals surface area (Å²) >= 11 is 15.6. The van der Waals surface area contributed by atoms with Gasteiger partial charge in [-0.1, -0.05) is 29.3 Å². The third-order valence-corrected chi connectivity index (χ3v) is 3.90. The SMILES string of the molecule is COc1ccc(OCc2c(Cl)cccc2Cl)c(Br)c1. The van der Waals surface area contributed by atoms with Crippen molar-refractivity contribution in [3.8, 4) is 11.5 Å². The van der Waals surface area contributed by atoms with E-state index in [0.717, 1.165) is 15.8 Å². The van der Waals surface area contributed by atoms with E-state index < -0.39 is 0 Å². The van der Waals surface area contributed by atoms with Crippen LogP contribution in [0.3, 0.4) is 0 Å². The molecular weight excluding hydrogens is 351 g/mol. The highest BCUT2D eigenvalue weighted by molar-refractivity contribution is 9.10. The van der Waals surface area contributed by atoms with Gasteiger partial charge in [-0.15, -0.1) is 0 Å². The average Bonchev–Trinajstić information content (AvgIpc) is 2.39. The van der Waals surface area contributed by atoms with Crippen molar-refractivity contribution in [2.45, 2.75) is 6.61 Å². The first kappa shape index (κ1) is 14.5. The van der Waals surface area contributed by atoms with Gasteiger partial charge < -0.3 is 9.47 Å². The fraction of sp³-hybridized carbons (Fsp3) is 0.143. The Balaban J connectivity index is 2.15. The molecule has 0 aliphatic rings. The van der Waals surface area contributed by atoms with Gasteiger partial charge in [0.25, 0.3) is 0 Å². The van der Waals surface area contributed by atoms with E-state index >= 15 is 0 Å². The minimum absolute atomic E-state index is 0.309. The van der Waals surface area contributed by atoms with E-state index in [4.69, 9.17) is 32.7 Å². The van der Waals surface area contributed by atoms with Gasteiger partial charge in [-0.2, -0.15) is 0 Å². The van der Waals surface area contributed by atoms with Crippen molar-refractivity contribution >= 4 is 39.1 Å². The van der Waals surface area contributed by atoms with Crippen LogP contribution in [0.15, 0.2) is 40.9 Å². The normalized spacial score (nSPS) is 10.3. The zero-order chi connectivity index (χ0) is 13.8. The van der Waals surface area contributed by atoms with Gasteiger partial charge in [0.2, 0.25) is 0 Å². The predicted molar refractivity (Wildman–Crippen MR) is 81.5 cm³/mol. The van der Waals surface area contributed by atoms with Crippen LogP contribution in [0.4, 0.5) is 0 Å². The fourth-order valence-corrected chi connectivity index (χ4v) is 2.52. The monoisotopic (exact) mass is 360 g/mol. The molecule has 0 amide bonds. The maximum Gasteiger partial charge on any atom is 0.134 e. The molecule has 0 saturated heterocycles. The van der Waals surface area contributed by atoms with Crippen LogP contribution in [0.25, 0.3) is 0 Å². The second kappa shape index (κ2) is 6.51. The summed E-state index contributed by atoms with van der Waals surface area (Å²) in [5, 5.41) is 1.19. The van der Waals surface area contributed by atoms with Crippen molar-refractivity contribution in [1.29, 1.82) is 0 Å². The highest BCUT2D eigenvalue weighted by Gasteiger charge is 2.08. The highest BCUT2D eigenvalue weighted by Crippen LogP contribution is 2.31. The molecule has 0 aromatic heterocycles. The van der Waals surface area contributed by atoms with Gasteiger partial charge >= 0.3 is 0 Å². The lowest BCUT2D eigenvalue weighted by Crippen LogP contribution is -1.98. The molecule has 0 fully saturated rings. The Bertz CT molecular complexity index is 567. The summed E-state index contributed by atoms with van der Waals surface area (Å²) in [6.45, 7) is 0.309. The van der Waals surface area contributed by atoms with E-state index in [-0.39, 0.29) is 0 Å². The van der Waals surface area contributed by atoms with Gasteiger partial charge in [-0.3, -0.25) is 0 Å².